The second kappa shape index (κ2) is 7.83. The van der Waals surface area contributed by atoms with Gasteiger partial charge < -0.3 is 10.1 Å². The van der Waals surface area contributed by atoms with Crippen LogP contribution in [-0.4, -0.2) is 23.2 Å². The first kappa shape index (κ1) is 17.8. The highest BCUT2D eigenvalue weighted by atomic mass is 32.2. The normalized spacial score (nSPS) is 10.5. The molecule has 0 aliphatic heterocycles. The number of hydrogen-bond donors (Lipinski definition) is 1. The van der Waals surface area contributed by atoms with Crippen molar-refractivity contribution in [2.24, 2.45) is 0 Å². The molecule has 24 heavy (non-hydrogen) atoms. The smallest absolute Gasteiger partial charge is 0.296 e. The zero-order valence-corrected chi connectivity index (χ0v) is 14.4. The summed E-state index contributed by atoms with van der Waals surface area (Å²) in [5.74, 6) is -0.0255. The van der Waals surface area contributed by atoms with E-state index in [1.165, 1.54) is 19.2 Å². The molecule has 6 nitrogen and oxygen atoms in total. The molecule has 2 aromatic rings. The number of nitrogens with zero attached hydrogens (tertiary/aromatic N) is 1. The van der Waals surface area contributed by atoms with E-state index in [0.29, 0.717) is 16.6 Å². The number of hydrogen-bond acceptors (Lipinski definition) is 5. The van der Waals surface area contributed by atoms with Gasteiger partial charge in [-0.3, -0.25) is 14.9 Å². The largest absolute Gasteiger partial charge is 0.496 e. The van der Waals surface area contributed by atoms with Crippen LogP contribution in [0, 0.1) is 10.1 Å². The minimum atomic E-state index is -0.549. The highest BCUT2D eigenvalue weighted by Crippen LogP contribution is 2.31. The third kappa shape index (κ3) is 4.26. The lowest BCUT2D eigenvalue weighted by molar-refractivity contribution is -0.384. The summed E-state index contributed by atoms with van der Waals surface area (Å²) in [6.45, 7) is 4.07. The predicted octanol–water partition coefficient (Wildman–Crippen LogP) is 4.36. The Bertz CT molecular complexity index is 762. The van der Waals surface area contributed by atoms with E-state index in [-0.39, 0.29) is 17.3 Å². The number of carbonyl (C=O) groups excluding carboxylic acids is 1. The SMILES string of the molecule is COc1ccc(NC(=O)c2ccccc2SC(C)C)c([N+](=O)[O-])c1. The van der Waals surface area contributed by atoms with E-state index < -0.39 is 4.92 Å². The molecule has 0 spiro atoms. The van der Waals surface area contributed by atoms with Gasteiger partial charge in [0.2, 0.25) is 0 Å². The van der Waals surface area contributed by atoms with Crippen molar-refractivity contribution in [3.63, 3.8) is 0 Å². The Morgan fingerprint density at radius 1 is 1.25 bits per heavy atom. The molecule has 0 bridgehead atoms. The molecular formula is C17H18N2O4S. The van der Waals surface area contributed by atoms with Crippen molar-refractivity contribution in [1.29, 1.82) is 0 Å². The topological polar surface area (TPSA) is 81.5 Å². The molecule has 0 aliphatic carbocycles. The number of anilines is 1. The number of thioether (sulfide) groups is 1. The van der Waals surface area contributed by atoms with Gasteiger partial charge in [0.15, 0.2) is 0 Å². The van der Waals surface area contributed by atoms with Crippen molar-refractivity contribution in [3.05, 3.63) is 58.1 Å². The molecule has 0 unspecified atom stereocenters. The van der Waals surface area contributed by atoms with Gasteiger partial charge in [-0.15, -0.1) is 11.8 Å². The average Bonchev–Trinajstić information content (AvgIpc) is 2.54. The third-order valence-corrected chi connectivity index (χ3v) is 4.23. The van der Waals surface area contributed by atoms with Crippen molar-refractivity contribution >= 4 is 29.0 Å². The van der Waals surface area contributed by atoms with Crippen LogP contribution in [0.15, 0.2) is 47.4 Å². The summed E-state index contributed by atoms with van der Waals surface area (Å²) in [6.07, 6.45) is 0. The van der Waals surface area contributed by atoms with E-state index in [2.05, 4.69) is 5.32 Å². The first-order valence-electron chi connectivity index (χ1n) is 7.32. The molecule has 2 rings (SSSR count). The van der Waals surface area contributed by atoms with Gasteiger partial charge in [-0.1, -0.05) is 26.0 Å². The standard InChI is InChI=1S/C17H18N2O4S/c1-11(2)24-16-7-5-4-6-13(16)17(20)18-14-9-8-12(23-3)10-15(14)19(21)22/h4-11H,1-3H3,(H,18,20). The van der Waals surface area contributed by atoms with E-state index in [4.69, 9.17) is 4.74 Å². The van der Waals surface area contributed by atoms with E-state index >= 15 is 0 Å². The van der Waals surface area contributed by atoms with Gasteiger partial charge in [0.1, 0.15) is 11.4 Å². The lowest BCUT2D eigenvalue weighted by Crippen LogP contribution is -2.14. The van der Waals surface area contributed by atoms with Crippen molar-refractivity contribution in [3.8, 4) is 5.75 Å². The molecule has 0 aliphatic rings. The number of ether oxygens (including phenoxy) is 1. The molecule has 1 N–H and O–H groups in total. The Hall–Kier alpha value is -2.54. The Kier molecular flexibility index (Phi) is 5.81. The van der Waals surface area contributed by atoms with Crippen LogP contribution in [-0.2, 0) is 0 Å². The molecule has 7 heteroatoms. The highest BCUT2D eigenvalue weighted by molar-refractivity contribution is 8.00. The molecule has 0 aromatic heterocycles. The van der Waals surface area contributed by atoms with Gasteiger partial charge in [-0.25, -0.2) is 0 Å². The fourth-order valence-corrected chi connectivity index (χ4v) is 3.05. The highest BCUT2D eigenvalue weighted by Gasteiger charge is 2.19. The number of nitrogens with one attached hydrogen (secondary N) is 1. The van der Waals surface area contributed by atoms with Crippen LogP contribution in [0.2, 0.25) is 0 Å². The predicted molar refractivity (Wildman–Crippen MR) is 95.0 cm³/mol. The minimum Gasteiger partial charge on any atom is -0.496 e. The summed E-state index contributed by atoms with van der Waals surface area (Å²) in [4.78, 5) is 24.1. The molecule has 1 amide bonds. The number of amides is 1. The first-order valence-corrected chi connectivity index (χ1v) is 8.19. The van der Waals surface area contributed by atoms with E-state index in [1.807, 2.05) is 26.0 Å². The Morgan fingerprint density at radius 3 is 2.58 bits per heavy atom. The Morgan fingerprint density at radius 2 is 1.96 bits per heavy atom. The van der Waals surface area contributed by atoms with E-state index in [0.717, 1.165) is 4.90 Å². The Balaban J connectivity index is 2.32. The van der Waals surface area contributed by atoms with E-state index in [1.54, 1.807) is 30.0 Å². The molecule has 0 radical (unpaired) electrons. The monoisotopic (exact) mass is 346 g/mol. The zero-order valence-electron chi connectivity index (χ0n) is 13.6. The van der Waals surface area contributed by atoms with Gasteiger partial charge >= 0.3 is 0 Å². The van der Waals surface area contributed by atoms with Crippen LogP contribution in [0.25, 0.3) is 0 Å². The number of nitro benzene ring substituents is 1. The zero-order chi connectivity index (χ0) is 17.7. The minimum absolute atomic E-state index is 0.134. The van der Waals surface area contributed by atoms with Crippen LogP contribution in [0.3, 0.4) is 0 Å². The average molecular weight is 346 g/mol. The molecule has 2 aromatic carbocycles. The Labute approximate surface area is 144 Å². The van der Waals surface area contributed by atoms with Crippen molar-refractivity contribution in [2.75, 3.05) is 12.4 Å². The van der Waals surface area contributed by atoms with Crippen LogP contribution >= 0.6 is 11.8 Å². The van der Waals surface area contributed by atoms with Crippen LogP contribution in [0.5, 0.6) is 5.75 Å². The summed E-state index contributed by atoms with van der Waals surface area (Å²) in [7, 11) is 1.43. The van der Waals surface area contributed by atoms with E-state index in [9.17, 15) is 14.9 Å². The molecular weight excluding hydrogens is 328 g/mol. The van der Waals surface area contributed by atoms with Crippen molar-refractivity contribution in [2.45, 2.75) is 24.0 Å². The molecule has 0 saturated carbocycles. The van der Waals surface area contributed by atoms with Gasteiger partial charge in [0, 0.05) is 10.1 Å². The molecule has 0 atom stereocenters. The fourth-order valence-electron chi connectivity index (χ4n) is 2.10. The summed E-state index contributed by atoms with van der Waals surface area (Å²) >= 11 is 1.57. The number of rotatable bonds is 6. The van der Waals surface area contributed by atoms with Crippen LogP contribution < -0.4 is 10.1 Å². The first-order chi connectivity index (χ1) is 11.4. The number of methoxy groups -OCH3 is 1. The lowest BCUT2D eigenvalue weighted by atomic mass is 10.2. The second-order valence-electron chi connectivity index (χ2n) is 5.26. The number of benzene rings is 2. The molecule has 0 fully saturated rings. The van der Waals surface area contributed by atoms with Crippen LogP contribution in [0.1, 0.15) is 24.2 Å². The maximum absolute atomic E-state index is 12.6. The van der Waals surface area contributed by atoms with Crippen molar-refractivity contribution in [1.82, 2.24) is 0 Å². The van der Waals surface area contributed by atoms with Crippen LogP contribution in [0.4, 0.5) is 11.4 Å². The third-order valence-electron chi connectivity index (χ3n) is 3.14. The summed E-state index contributed by atoms with van der Waals surface area (Å²) in [5, 5.41) is 14.2. The molecule has 0 saturated heterocycles. The molecule has 0 heterocycles. The number of carbonyl (C=O) groups is 1. The second-order valence-corrected chi connectivity index (χ2v) is 6.88. The molecule has 126 valence electrons. The van der Waals surface area contributed by atoms with Gasteiger partial charge in [0.05, 0.1) is 23.7 Å². The fraction of sp³-hybridized carbons (Fsp3) is 0.235. The lowest BCUT2D eigenvalue weighted by Gasteiger charge is -2.12. The van der Waals surface area contributed by atoms with Crippen molar-refractivity contribution < 1.29 is 14.5 Å². The summed E-state index contributed by atoms with van der Waals surface area (Å²) in [6, 6.07) is 11.5. The quantitative estimate of drug-likeness (QED) is 0.477. The maximum Gasteiger partial charge on any atom is 0.296 e. The maximum atomic E-state index is 12.6. The summed E-state index contributed by atoms with van der Waals surface area (Å²) in [5.41, 5.74) is 0.410. The number of nitro groups is 1. The summed E-state index contributed by atoms with van der Waals surface area (Å²) < 4.78 is 4.99. The van der Waals surface area contributed by atoms with Gasteiger partial charge in [-0.2, -0.15) is 0 Å². The van der Waals surface area contributed by atoms with Gasteiger partial charge in [0.25, 0.3) is 11.6 Å². The van der Waals surface area contributed by atoms with Gasteiger partial charge in [-0.05, 0) is 24.3 Å².